The van der Waals surface area contributed by atoms with E-state index < -0.39 is 0 Å². The zero-order chi connectivity index (χ0) is 16.9. The molecule has 1 aliphatic carbocycles. The molecule has 0 aliphatic heterocycles. The van der Waals surface area contributed by atoms with E-state index in [0.717, 1.165) is 12.0 Å². The van der Waals surface area contributed by atoms with Crippen molar-refractivity contribution in [2.75, 3.05) is 5.75 Å². The summed E-state index contributed by atoms with van der Waals surface area (Å²) < 4.78 is 5.57. The second-order valence-corrected chi connectivity index (χ2v) is 7.27. The predicted octanol–water partition coefficient (Wildman–Crippen LogP) is 3.16. The van der Waals surface area contributed by atoms with E-state index in [0.29, 0.717) is 22.9 Å². The molecule has 3 atom stereocenters. The summed E-state index contributed by atoms with van der Waals surface area (Å²) >= 11 is 1.26. The van der Waals surface area contributed by atoms with E-state index in [1.807, 2.05) is 12.1 Å². The molecule has 0 radical (unpaired) electrons. The number of aromatic nitrogens is 3. The van der Waals surface area contributed by atoms with Crippen LogP contribution < -0.4 is 5.32 Å². The highest BCUT2D eigenvalue weighted by Crippen LogP contribution is 2.29. The summed E-state index contributed by atoms with van der Waals surface area (Å²) in [5.41, 5.74) is 0.770. The van der Waals surface area contributed by atoms with Crippen molar-refractivity contribution in [2.24, 2.45) is 11.8 Å². The Labute approximate surface area is 145 Å². The first kappa shape index (κ1) is 17.0. The average molecular weight is 346 g/mol. The van der Waals surface area contributed by atoms with Crippen molar-refractivity contribution in [3.05, 3.63) is 24.5 Å². The SMILES string of the molecule is C[C@@H]1[C@H](C)CCC[C@@H]1NC(=O)CSc1nnc(-c2cccnc2)o1. The number of hydrogen-bond acceptors (Lipinski definition) is 6. The number of nitrogens with one attached hydrogen (secondary N) is 1. The molecule has 1 amide bonds. The van der Waals surface area contributed by atoms with Gasteiger partial charge in [0.1, 0.15) is 0 Å². The molecule has 2 aromatic heterocycles. The number of hydrogen-bond donors (Lipinski definition) is 1. The van der Waals surface area contributed by atoms with Crippen LogP contribution in [0.25, 0.3) is 11.5 Å². The molecule has 0 bridgehead atoms. The van der Waals surface area contributed by atoms with Gasteiger partial charge in [-0.2, -0.15) is 0 Å². The van der Waals surface area contributed by atoms with Crippen LogP contribution in [-0.4, -0.2) is 32.9 Å². The highest BCUT2D eigenvalue weighted by atomic mass is 32.2. The fourth-order valence-corrected chi connectivity index (χ4v) is 3.61. The van der Waals surface area contributed by atoms with E-state index in [4.69, 9.17) is 4.42 Å². The summed E-state index contributed by atoms with van der Waals surface area (Å²) in [6, 6.07) is 3.94. The van der Waals surface area contributed by atoms with Crippen molar-refractivity contribution in [3.8, 4) is 11.5 Å². The van der Waals surface area contributed by atoms with Crippen LogP contribution in [0.2, 0.25) is 0 Å². The Hall–Kier alpha value is -1.89. The third-order valence-electron chi connectivity index (χ3n) is 4.69. The molecule has 0 saturated heterocycles. The smallest absolute Gasteiger partial charge is 0.277 e. The van der Waals surface area contributed by atoms with Crippen molar-refractivity contribution in [3.63, 3.8) is 0 Å². The van der Waals surface area contributed by atoms with Crippen molar-refractivity contribution in [1.29, 1.82) is 0 Å². The number of carbonyl (C=O) groups is 1. The first-order chi connectivity index (χ1) is 11.6. The van der Waals surface area contributed by atoms with Crippen LogP contribution in [0.15, 0.2) is 34.2 Å². The van der Waals surface area contributed by atoms with Gasteiger partial charge in [-0.05, 0) is 30.4 Å². The molecule has 2 aromatic rings. The topological polar surface area (TPSA) is 80.9 Å². The van der Waals surface area contributed by atoms with Gasteiger partial charge in [0, 0.05) is 18.4 Å². The highest BCUT2D eigenvalue weighted by Gasteiger charge is 2.28. The lowest BCUT2D eigenvalue weighted by atomic mass is 9.78. The van der Waals surface area contributed by atoms with E-state index in [1.54, 1.807) is 12.4 Å². The number of nitrogens with zero attached hydrogens (tertiary/aromatic N) is 3. The number of thioether (sulfide) groups is 1. The lowest BCUT2D eigenvalue weighted by Gasteiger charge is -2.34. The lowest BCUT2D eigenvalue weighted by molar-refractivity contribution is -0.120. The van der Waals surface area contributed by atoms with Gasteiger partial charge in [-0.25, -0.2) is 0 Å². The first-order valence-corrected chi connectivity index (χ1v) is 9.28. The van der Waals surface area contributed by atoms with E-state index in [9.17, 15) is 4.79 Å². The van der Waals surface area contributed by atoms with Gasteiger partial charge in [0.05, 0.1) is 11.3 Å². The summed E-state index contributed by atoms with van der Waals surface area (Å²) in [6.07, 6.45) is 6.85. The molecule has 1 aliphatic rings. The van der Waals surface area contributed by atoms with Crippen LogP contribution in [0.1, 0.15) is 33.1 Å². The van der Waals surface area contributed by atoms with Crippen molar-refractivity contribution in [2.45, 2.75) is 44.4 Å². The van der Waals surface area contributed by atoms with E-state index in [-0.39, 0.29) is 17.7 Å². The van der Waals surface area contributed by atoms with E-state index in [1.165, 1.54) is 24.6 Å². The minimum atomic E-state index is 0.0204. The number of rotatable bonds is 5. The Kier molecular flexibility index (Phi) is 5.50. The quantitative estimate of drug-likeness (QED) is 0.838. The Morgan fingerprint density at radius 3 is 3.04 bits per heavy atom. The van der Waals surface area contributed by atoms with Crippen LogP contribution in [0, 0.1) is 11.8 Å². The van der Waals surface area contributed by atoms with E-state index in [2.05, 4.69) is 34.3 Å². The molecule has 1 saturated carbocycles. The number of amides is 1. The number of carbonyl (C=O) groups excluding carboxylic acids is 1. The molecule has 128 valence electrons. The third kappa shape index (κ3) is 4.14. The maximum absolute atomic E-state index is 12.2. The maximum atomic E-state index is 12.2. The van der Waals surface area contributed by atoms with Crippen LogP contribution in [0.3, 0.4) is 0 Å². The van der Waals surface area contributed by atoms with Gasteiger partial charge in [-0.1, -0.05) is 38.5 Å². The molecule has 3 rings (SSSR count). The van der Waals surface area contributed by atoms with Crippen molar-refractivity contribution < 1.29 is 9.21 Å². The summed E-state index contributed by atoms with van der Waals surface area (Å²) in [6.45, 7) is 4.48. The monoisotopic (exact) mass is 346 g/mol. The molecule has 0 aromatic carbocycles. The molecule has 2 heterocycles. The lowest BCUT2D eigenvalue weighted by Crippen LogP contribution is -2.44. The maximum Gasteiger partial charge on any atom is 0.277 e. The Bertz CT molecular complexity index is 676. The summed E-state index contributed by atoms with van der Waals surface area (Å²) in [7, 11) is 0. The van der Waals surface area contributed by atoms with Crippen LogP contribution in [0.4, 0.5) is 0 Å². The Morgan fingerprint density at radius 2 is 2.25 bits per heavy atom. The molecule has 1 fully saturated rings. The van der Waals surface area contributed by atoms with Crippen molar-refractivity contribution >= 4 is 17.7 Å². The van der Waals surface area contributed by atoms with Crippen LogP contribution >= 0.6 is 11.8 Å². The molecular formula is C17H22N4O2S. The van der Waals surface area contributed by atoms with Gasteiger partial charge in [-0.3, -0.25) is 9.78 Å². The average Bonchev–Trinajstić information content (AvgIpc) is 3.07. The second-order valence-electron chi connectivity index (χ2n) is 6.34. The molecule has 1 N–H and O–H groups in total. The highest BCUT2D eigenvalue weighted by molar-refractivity contribution is 7.99. The summed E-state index contributed by atoms with van der Waals surface area (Å²) in [5.74, 6) is 1.91. The first-order valence-electron chi connectivity index (χ1n) is 8.29. The van der Waals surface area contributed by atoms with Gasteiger partial charge in [0.25, 0.3) is 5.22 Å². The normalized spacial score (nSPS) is 23.8. The predicted molar refractivity (Wildman–Crippen MR) is 92.4 cm³/mol. The second kappa shape index (κ2) is 7.79. The Balaban J connectivity index is 1.51. The number of pyridine rings is 1. The fraction of sp³-hybridized carbons (Fsp3) is 0.529. The molecule has 24 heavy (non-hydrogen) atoms. The van der Waals surface area contributed by atoms with Crippen molar-refractivity contribution in [1.82, 2.24) is 20.5 Å². The molecule has 0 unspecified atom stereocenters. The minimum absolute atomic E-state index is 0.0204. The largest absolute Gasteiger partial charge is 0.411 e. The van der Waals surface area contributed by atoms with Gasteiger partial charge in [-0.15, -0.1) is 10.2 Å². The van der Waals surface area contributed by atoms with Gasteiger partial charge >= 0.3 is 0 Å². The van der Waals surface area contributed by atoms with Gasteiger partial charge < -0.3 is 9.73 Å². The standard InChI is InChI=1S/C17H22N4O2S/c1-11-5-3-7-14(12(11)2)19-15(22)10-24-17-21-20-16(23-17)13-6-4-8-18-9-13/h4,6,8-9,11-12,14H,3,5,7,10H2,1-2H3,(H,19,22)/t11-,12-,14+/m1/s1. The zero-order valence-electron chi connectivity index (χ0n) is 13.9. The summed E-state index contributed by atoms with van der Waals surface area (Å²) in [4.78, 5) is 16.2. The molecular weight excluding hydrogens is 324 g/mol. The van der Waals surface area contributed by atoms with Crippen LogP contribution in [0.5, 0.6) is 0 Å². The fourth-order valence-electron chi connectivity index (χ4n) is 3.04. The Morgan fingerprint density at radius 1 is 1.38 bits per heavy atom. The van der Waals surface area contributed by atoms with Gasteiger partial charge in [0.15, 0.2) is 0 Å². The van der Waals surface area contributed by atoms with E-state index >= 15 is 0 Å². The molecule has 7 heteroatoms. The van der Waals surface area contributed by atoms with Crippen LogP contribution in [-0.2, 0) is 4.79 Å². The summed E-state index contributed by atoms with van der Waals surface area (Å²) in [5, 5.41) is 11.5. The minimum Gasteiger partial charge on any atom is -0.411 e. The molecule has 6 nitrogen and oxygen atoms in total. The third-order valence-corrected chi connectivity index (χ3v) is 5.51. The van der Waals surface area contributed by atoms with Gasteiger partial charge in [0.2, 0.25) is 11.8 Å². The zero-order valence-corrected chi connectivity index (χ0v) is 14.8. The molecule has 0 spiro atoms.